The minimum absolute atomic E-state index is 0.317. The molecule has 4 aromatic rings. The number of rotatable bonds is 10. The van der Waals surface area contributed by atoms with Gasteiger partial charge < -0.3 is 4.90 Å². The van der Waals surface area contributed by atoms with Gasteiger partial charge in [0.15, 0.2) is 0 Å². The van der Waals surface area contributed by atoms with Crippen LogP contribution in [-0.4, -0.2) is 83.3 Å². The third kappa shape index (κ3) is 9.05. The van der Waals surface area contributed by atoms with E-state index < -0.39 is 10.0 Å². The number of benzene rings is 3. The molecule has 1 aromatic heterocycles. The number of hydrogen-bond donors (Lipinski definition) is 0. The second kappa shape index (κ2) is 15.8. The van der Waals surface area contributed by atoms with Crippen LogP contribution in [0.2, 0.25) is 10.0 Å². The molecule has 48 heavy (non-hydrogen) atoms. The maximum Gasteiger partial charge on any atom is 0.211 e. The first-order valence-corrected chi connectivity index (χ1v) is 20.1. The molecule has 1 saturated heterocycles. The van der Waals surface area contributed by atoms with Gasteiger partial charge in [-0.05, 0) is 67.5 Å². The Hall–Kier alpha value is -2.81. The second-order valence-corrected chi connectivity index (χ2v) is 16.6. The fourth-order valence-electron chi connectivity index (χ4n) is 6.31. The SMILES string of the molecule is CN(Cc1ccc(Cl)cc1)Cc1ccc(C#Cc2cc(-c3nn(CCCN4CCSCC4)c4c3CN(S(C)(=O)=O)CC4)ccc2Cl)cc1. The zero-order valence-electron chi connectivity index (χ0n) is 27.5. The third-order valence-corrected chi connectivity index (χ3v) is 11.6. The lowest BCUT2D eigenvalue weighted by atomic mass is 10.0. The number of halogens is 2. The Kier molecular flexibility index (Phi) is 11.5. The summed E-state index contributed by atoms with van der Waals surface area (Å²) in [5.41, 5.74) is 7.83. The first-order valence-electron chi connectivity index (χ1n) is 16.3. The van der Waals surface area contributed by atoms with E-state index in [-0.39, 0.29) is 0 Å². The van der Waals surface area contributed by atoms with Gasteiger partial charge in [0.05, 0.1) is 17.0 Å². The molecular weight excluding hydrogens is 681 g/mol. The smallest absolute Gasteiger partial charge is 0.211 e. The summed E-state index contributed by atoms with van der Waals surface area (Å²) in [6, 6.07) is 22.0. The van der Waals surface area contributed by atoms with Crippen LogP contribution in [0.15, 0.2) is 66.7 Å². The van der Waals surface area contributed by atoms with Crippen LogP contribution in [0.3, 0.4) is 0 Å². The van der Waals surface area contributed by atoms with E-state index >= 15 is 0 Å². The maximum absolute atomic E-state index is 12.5. The number of sulfonamides is 1. The number of aromatic nitrogens is 2. The Morgan fingerprint density at radius 2 is 1.58 bits per heavy atom. The molecule has 1 fully saturated rings. The van der Waals surface area contributed by atoms with Gasteiger partial charge in [-0.15, -0.1) is 0 Å². The van der Waals surface area contributed by atoms with E-state index in [4.69, 9.17) is 28.3 Å². The topological polar surface area (TPSA) is 61.7 Å². The number of nitrogens with zero attached hydrogens (tertiary/aromatic N) is 5. The quantitative estimate of drug-likeness (QED) is 0.171. The Balaban J connectivity index is 1.19. The number of thioether (sulfide) groups is 1. The van der Waals surface area contributed by atoms with Gasteiger partial charge in [-0.3, -0.25) is 9.58 Å². The van der Waals surface area contributed by atoms with Crippen molar-refractivity contribution in [2.75, 3.05) is 51.0 Å². The largest absolute Gasteiger partial charge is 0.302 e. The van der Waals surface area contributed by atoms with Crippen LogP contribution in [-0.2, 0) is 42.6 Å². The molecule has 0 atom stereocenters. The standard InChI is InChI=1S/C37H41Cl2N5O2S2/c1-41(26-30-9-13-33(38)14-10-30)25-29-6-4-28(5-7-29)8-11-31-24-32(12-15-35(31)39)37-34-27-43(48(2,45)46)19-16-36(34)44(40-37)18-3-17-42-20-22-47-23-21-42/h4-7,9-10,12-15,24H,3,16-23,25-27H2,1-2H3. The van der Waals surface area contributed by atoms with E-state index in [1.807, 2.05) is 54.2 Å². The van der Waals surface area contributed by atoms with Crippen molar-refractivity contribution in [3.05, 3.63) is 110 Å². The maximum atomic E-state index is 12.5. The molecule has 0 aliphatic carbocycles. The van der Waals surface area contributed by atoms with Gasteiger partial charge >= 0.3 is 0 Å². The molecule has 252 valence electrons. The van der Waals surface area contributed by atoms with E-state index in [1.54, 1.807) is 4.31 Å². The number of fused-ring (bicyclic) bond motifs is 1. The zero-order valence-corrected chi connectivity index (χ0v) is 30.6. The summed E-state index contributed by atoms with van der Waals surface area (Å²) >= 11 is 14.7. The van der Waals surface area contributed by atoms with E-state index in [1.165, 1.54) is 28.9 Å². The molecule has 0 spiro atoms. The molecule has 2 aliphatic heterocycles. The van der Waals surface area contributed by atoms with Gasteiger partial charge in [0.25, 0.3) is 0 Å². The van der Waals surface area contributed by atoms with Gasteiger partial charge in [0.2, 0.25) is 10.0 Å². The predicted molar refractivity (Wildman–Crippen MR) is 199 cm³/mol. The lowest BCUT2D eigenvalue weighted by molar-refractivity contribution is 0.288. The van der Waals surface area contributed by atoms with E-state index in [2.05, 4.69) is 57.6 Å². The average molecular weight is 723 g/mol. The Bertz CT molecular complexity index is 1890. The van der Waals surface area contributed by atoms with Gasteiger partial charge in [-0.25, -0.2) is 8.42 Å². The van der Waals surface area contributed by atoms with Crippen LogP contribution < -0.4 is 0 Å². The normalized spacial score (nSPS) is 15.7. The molecule has 0 amide bonds. The second-order valence-electron chi connectivity index (χ2n) is 12.6. The summed E-state index contributed by atoms with van der Waals surface area (Å²) in [5, 5.41) is 6.40. The van der Waals surface area contributed by atoms with Crippen LogP contribution >= 0.6 is 35.0 Å². The monoisotopic (exact) mass is 721 g/mol. The van der Waals surface area contributed by atoms with Gasteiger partial charge in [0.1, 0.15) is 0 Å². The highest BCUT2D eigenvalue weighted by atomic mass is 35.5. The van der Waals surface area contributed by atoms with Crippen LogP contribution in [0, 0.1) is 11.8 Å². The molecule has 0 saturated carbocycles. The fraction of sp³-hybridized carbons (Fsp3) is 0.378. The van der Waals surface area contributed by atoms with E-state index in [0.29, 0.717) is 30.1 Å². The summed E-state index contributed by atoms with van der Waals surface area (Å²) in [6.07, 6.45) is 2.92. The van der Waals surface area contributed by atoms with Crippen molar-refractivity contribution in [2.24, 2.45) is 0 Å². The summed E-state index contributed by atoms with van der Waals surface area (Å²) in [6.45, 7) is 6.55. The molecular formula is C37H41Cl2N5O2S2. The van der Waals surface area contributed by atoms with Crippen molar-refractivity contribution in [2.45, 2.75) is 39.0 Å². The highest BCUT2D eigenvalue weighted by Gasteiger charge is 2.30. The minimum atomic E-state index is -3.33. The molecule has 2 aliphatic rings. The Labute approximate surface area is 299 Å². The molecule has 6 rings (SSSR count). The van der Waals surface area contributed by atoms with Crippen LogP contribution in [0.25, 0.3) is 11.3 Å². The first-order chi connectivity index (χ1) is 23.1. The molecule has 0 radical (unpaired) electrons. The zero-order chi connectivity index (χ0) is 33.7. The van der Waals surface area contributed by atoms with E-state index in [9.17, 15) is 8.42 Å². The molecule has 3 heterocycles. The van der Waals surface area contributed by atoms with Crippen LogP contribution in [0.4, 0.5) is 0 Å². The molecule has 3 aromatic carbocycles. The highest BCUT2D eigenvalue weighted by Crippen LogP contribution is 2.33. The van der Waals surface area contributed by atoms with Crippen LogP contribution in [0.1, 0.15) is 39.9 Å². The molecule has 0 bridgehead atoms. The summed E-state index contributed by atoms with van der Waals surface area (Å²) in [5.74, 6) is 8.94. The number of aryl methyl sites for hydroxylation is 1. The highest BCUT2D eigenvalue weighted by molar-refractivity contribution is 7.99. The van der Waals surface area contributed by atoms with Crippen molar-refractivity contribution in [3.8, 4) is 23.1 Å². The van der Waals surface area contributed by atoms with Crippen molar-refractivity contribution < 1.29 is 8.42 Å². The van der Waals surface area contributed by atoms with Crippen molar-refractivity contribution in [1.82, 2.24) is 23.9 Å². The predicted octanol–water partition coefficient (Wildman–Crippen LogP) is 6.65. The summed E-state index contributed by atoms with van der Waals surface area (Å²) in [4.78, 5) is 4.79. The molecule has 7 nitrogen and oxygen atoms in total. The van der Waals surface area contributed by atoms with Gasteiger partial charge in [-0.2, -0.15) is 21.2 Å². The Morgan fingerprint density at radius 3 is 2.27 bits per heavy atom. The van der Waals surface area contributed by atoms with Crippen LogP contribution in [0.5, 0.6) is 0 Å². The van der Waals surface area contributed by atoms with Gasteiger partial charge in [0, 0.05) is 96.7 Å². The lowest BCUT2D eigenvalue weighted by Gasteiger charge is -2.27. The van der Waals surface area contributed by atoms with Gasteiger partial charge in [-0.1, -0.05) is 65.4 Å². The first kappa shape index (κ1) is 35.0. The Morgan fingerprint density at radius 1 is 0.896 bits per heavy atom. The minimum Gasteiger partial charge on any atom is -0.302 e. The fourth-order valence-corrected chi connectivity index (χ4v) is 8.36. The summed E-state index contributed by atoms with van der Waals surface area (Å²) < 4.78 is 28.7. The third-order valence-electron chi connectivity index (χ3n) is 8.87. The molecule has 0 unspecified atom stereocenters. The molecule has 11 heteroatoms. The van der Waals surface area contributed by atoms with Crippen molar-refractivity contribution in [1.29, 1.82) is 0 Å². The summed E-state index contributed by atoms with van der Waals surface area (Å²) in [7, 11) is -1.23. The number of hydrogen-bond acceptors (Lipinski definition) is 6. The molecule has 0 N–H and O–H groups in total. The van der Waals surface area contributed by atoms with Crippen molar-refractivity contribution >= 4 is 45.0 Å². The average Bonchev–Trinajstić information content (AvgIpc) is 3.44. The van der Waals surface area contributed by atoms with E-state index in [0.717, 1.165) is 78.8 Å². The lowest BCUT2D eigenvalue weighted by Crippen LogP contribution is -2.36. The van der Waals surface area contributed by atoms with Crippen molar-refractivity contribution in [3.63, 3.8) is 0 Å².